The normalized spacial score (nSPS) is 17.2. The molecule has 9 rings (SSSR count). The Labute approximate surface area is 250 Å². The lowest BCUT2D eigenvalue weighted by Crippen LogP contribution is -1.90. The van der Waals surface area contributed by atoms with Crippen LogP contribution in [0.2, 0.25) is 0 Å². The van der Waals surface area contributed by atoms with Crippen molar-refractivity contribution >= 4 is 65.2 Å². The fourth-order valence-corrected chi connectivity index (χ4v) is 5.50. The first-order valence-corrected chi connectivity index (χ1v) is 12.4. The first kappa shape index (κ1) is 11.8. The van der Waals surface area contributed by atoms with E-state index >= 15 is 0 Å². The van der Waals surface area contributed by atoms with Crippen LogP contribution < -0.4 is 0 Å². The van der Waals surface area contributed by atoms with E-state index in [1.165, 1.54) is 6.26 Å². The second-order valence-electron chi connectivity index (χ2n) is 9.34. The zero-order valence-electron chi connectivity index (χ0n) is 35.4. The van der Waals surface area contributed by atoms with Gasteiger partial charge in [-0.05, 0) is 90.9 Å². The zero-order chi connectivity index (χ0) is 39.3. The van der Waals surface area contributed by atoms with Gasteiger partial charge in [0.05, 0.1) is 32.2 Å². The minimum atomic E-state index is -0.744. The van der Waals surface area contributed by atoms with Crippen molar-refractivity contribution in [2.24, 2.45) is 0 Å². The van der Waals surface area contributed by atoms with E-state index in [2.05, 4.69) is 0 Å². The summed E-state index contributed by atoms with van der Waals surface area (Å²) in [4.78, 5) is 0. The molecule has 2 heteroatoms. The van der Waals surface area contributed by atoms with E-state index in [9.17, 15) is 8.22 Å². The molecule has 2 heterocycles. The van der Waals surface area contributed by atoms with Crippen LogP contribution in [0, 0.1) is 0 Å². The van der Waals surface area contributed by atoms with Crippen molar-refractivity contribution in [3.8, 4) is 22.3 Å². The van der Waals surface area contributed by atoms with Crippen molar-refractivity contribution < 1.29 is 29.4 Å². The van der Waals surface area contributed by atoms with E-state index in [1.807, 2.05) is 6.07 Å². The highest BCUT2D eigenvalue weighted by molar-refractivity contribution is 6.22. The Hall–Kier alpha value is -5.34. The van der Waals surface area contributed by atoms with Crippen molar-refractivity contribution in [3.63, 3.8) is 0 Å². The molecule has 2 nitrogen and oxygen atoms in total. The van der Waals surface area contributed by atoms with E-state index in [0.717, 1.165) is 5.39 Å². The molecule has 0 saturated heterocycles. The Bertz CT molecular complexity index is 3190. The molecule has 0 unspecified atom stereocenters. The maximum Gasteiger partial charge on any atom is 0.146 e. The highest BCUT2D eigenvalue weighted by atomic mass is 16.3. The number of rotatable bonds is 2. The molecule has 0 radical (unpaired) electrons. The molecule has 0 atom stereocenters. The predicted molar refractivity (Wildman–Crippen MR) is 167 cm³/mol. The quantitative estimate of drug-likeness (QED) is 0.210. The Morgan fingerprint density at radius 1 is 0.475 bits per heavy atom. The maximum atomic E-state index is 9.36. The molecule has 0 aliphatic heterocycles. The first-order valence-electron chi connectivity index (χ1n) is 19.9. The van der Waals surface area contributed by atoms with Gasteiger partial charge in [0.1, 0.15) is 16.7 Å². The van der Waals surface area contributed by atoms with Crippen molar-refractivity contribution in [1.82, 2.24) is 0 Å². The smallest absolute Gasteiger partial charge is 0.146 e. The highest BCUT2D eigenvalue weighted by Gasteiger charge is 2.18. The number of fused-ring (bicyclic) bond motifs is 8. The van der Waals surface area contributed by atoms with Gasteiger partial charge >= 0.3 is 0 Å². The molecule has 0 fully saturated rings. The summed E-state index contributed by atoms with van der Waals surface area (Å²) in [5, 5.41) is 0.285. The molecular weight excluding hydrogens is 488 g/mol. The molecule has 0 saturated carbocycles. The summed E-state index contributed by atoms with van der Waals surface area (Å²) >= 11 is 0. The molecule has 40 heavy (non-hydrogen) atoms. The largest absolute Gasteiger partial charge is 0.464 e. The maximum absolute atomic E-state index is 9.36. The third-order valence-corrected chi connectivity index (χ3v) is 7.23. The van der Waals surface area contributed by atoms with Crippen molar-refractivity contribution in [2.75, 3.05) is 0 Å². The minimum absolute atomic E-state index is 0.00423. The standard InChI is InChI=1S/C38H22O2/c1-2-8-24-21-25(14-13-23(24)7-1)36-28-9-3-5-11-30(28)37(31-12-6-4-10-29(31)36)26-15-16-27-32-17-18-34-33(19-20-39-34)38(32)40-35(27)22-26/h1-22H/i1D,2D,3D,4D,5D,6D,7D,8D,9D,10D,11D,12D,13D,14D,21D. The molecular formula is C38H22O2. The number of hydrogen-bond donors (Lipinski definition) is 0. The fourth-order valence-electron chi connectivity index (χ4n) is 5.50. The summed E-state index contributed by atoms with van der Waals surface area (Å²) in [7, 11) is 0. The molecule has 0 aliphatic rings. The van der Waals surface area contributed by atoms with Crippen molar-refractivity contribution in [1.29, 1.82) is 0 Å². The fraction of sp³-hybridized carbons (Fsp3) is 0. The van der Waals surface area contributed by atoms with Gasteiger partial charge in [-0.3, -0.25) is 0 Å². The van der Waals surface area contributed by atoms with E-state index in [0.29, 0.717) is 27.5 Å². The second-order valence-corrected chi connectivity index (χ2v) is 9.34. The average Bonchev–Trinajstić information content (AvgIpc) is 3.81. The molecule has 0 aliphatic carbocycles. The predicted octanol–water partition coefficient (Wildman–Crippen LogP) is 11.1. The highest BCUT2D eigenvalue weighted by Crippen LogP contribution is 2.45. The minimum Gasteiger partial charge on any atom is -0.464 e. The Morgan fingerprint density at radius 3 is 1.88 bits per heavy atom. The second kappa shape index (κ2) is 8.08. The Morgan fingerprint density at radius 2 is 1.12 bits per heavy atom. The van der Waals surface area contributed by atoms with Gasteiger partial charge in [-0.1, -0.05) is 90.7 Å². The lowest BCUT2D eigenvalue weighted by Gasteiger charge is -2.18. The van der Waals surface area contributed by atoms with Gasteiger partial charge in [0.2, 0.25) is 0 Å². The molecule has 0 amide bonds. The van der Waals surface area contributed by atoms with Gasteiger partial charge in [-0.25, -0.2) is 0 Å². The van der Waals surface area contributed by atoms with Crippen molar-refractivity contribution in [3.05, 3.63) is 133 Å². The zero-order valence-corrected chi connectivity index (χ0v) is 20.4. The van der Waals surface area contributed by atoms with Crippen molar-refractivity contribution in [2.45, 2.75) is 0 Å². The topological polar surface area (TPSA) is 26.3 Å². The van der Waals surface area contributed by atoms with Gasteiger partial charge in [0.15, 0.2) is 0 Å². The molecule has 186 valence electrons. The third kappa shape index (κ3) is 2.99. The molecule has 0 bridgehead atoms. The van der Waals surface area contributed by atoms with Crippen LogP contribution in [-0.2, 0) is 0 Å². The van der Waals surface area contributed by atoms with Crippen LogP contribution in [-0.4, -0.2) is 0 Å². The molecule has 9 aromatic rings. The summed E-state index contributed by atoms with van der Waals surface area (Å²) < 4.78 is 145. The first-order chi connectivity index (χ1) is 26.1. The Balaban J connectivity index is 1.55. The van der Waals surface area contributed by atoms with Crippen LogP contribution in [0.15, 0.2) is 142 Å². The van der Waals surface area contributed by atoms with Crippen LogP contribution in [0.1, 0.15) is 20.6 Å². The molecule has 7 aromatic carbocycles. The summed E-state index contributed by atoms with van der Waals surface area (Å²) in [6.45, 7) is 0. The van der Waals surface area contributed by atoms with E-state index in [-0.39, 0.29) is 38.2 Å². The number of benzene rings is 7. The number of hydrogen-bond acceptors (Lipinski definition) is 2. The average molecular weight is 526 g/mol. The molecule has 2 aromatic heterocycles. The third-order valence-electron chi connectivity index (χ3n) is 7.23. The van der Waals surface area contributed by atoms with Gasteiger partial charge in [-0.2, -0.15) is 0 Å². The van der Waals surface area contributed by atoms with Gasteiger partial charge in [0.25, 0.3) is 0 Å². The molecule has 0 spiro atoms. The van der Waals surface area contributed by atoms with E-state index < -0.39 is 107 Å². The van der Waals surface area contributed by atoms with Crippen LogP contribution in [0.3, 0.4) is 0 Å². The van der Waals surface area contributed by atoms with E-state index in [1.54, 1.807) is 30.3 Å². The van der Waals surface area contributed by atoms with Gasteiger partial charge in [0, 0.05) is 10.8 Å². The van der Waals surface area contributed by atoms with Gasteiger partial charge in [-0.15, -0.1) is 0 Å². The number of furan rings is 2. The van der Waals surface area contributed by atoms with Crippen LogP contribution >= 0.6 is 0 Å². The Kier molecular flexibility index (Phi) is 2.39. The van der Waals surface area contributed by atoms with Crippen LogP contribution in [0.4, 0.5) is 0 Å². The summed E-state index contributed by atoms with van der Waals surface area (Å²) in [5.41, 5.74) is 0.854. The monoisotopic (exact) mass is 525 g/mol. The van der Waals surface area contributed by atoms with E-state index in [4.69, 9.17) is 21.2 Å². The summed E-state index contributed by atoms with van der Waals surface area (Å²) in [5.74, 6) is 0. The SMILES string of the molecule is [2H]c1c([2H])c([2H])c2c([2H])c(-c3c4c([2H])c([2H])c([2H])c([2H])c4c(-c4ccc5c(c4)oc4c6ccoc6ccc54)c4c([2H])c([2H])c([2H])c([2H])c34)c([2H])c([2H])c2c1[2H]. The molecule has 0 N–H and O–H groups in total. The lowest BCUT2D eigenvalue weighted by atomic mass is 9.85. The lowest BCUT2D eigenvalue weighted by molar-refractivity contribution is 0.615. The summed E-state index contributed by atoms with van der Waals surface area (Å²) in [6.07, 6.45) is 1.53. The summed E-state index contributed by atoms with van der Waals surface area (Å²) in [6, 6.07) is 0.269. The van der Waals surface area contributed by atoms with Crippen LogP contribution in [0.5, 0.6) is 0 Å². The van der Waals surface area contributed by atoms with Gasteiger partial charge < -0.3 is 8.83 Å². The van der Waals surface area contributed by atoms with Crippen LogP contribution in [0.25, 0.3) is 87.5 Å².